The molecule has 0 bridgehead atoms. The molecule has 1 N–H and O–H groups in total. The van der Waals surface area contributed by atoms with Crippen LogP contribution in [0.15, 0.2) is 18.2 Å². The van der Waals surface area contributed by atoms with E-state index in [2.05, 4.69) is 5.32 Å². The van der Waals surface area contributed by atoms with Crippen LogP contribution in [0.3, 0.4) is 0 Å². The lowest BCUT2D eigenvalue weighted by Gasteiger charge is -2.16. The second kappa shape index (κ2) is 5.04. The molecule has 5 heteroatoms. The normalized spacial score (nSPS) is 17.1. The zero-order valence-corrected chi connectivity index (χ0v) is 11.1. The van der Waals surface area contributed by atoms with Crippen molar-refractivity contribution in [2.24, 2.45) is 0 Å². The van der Waals surface area contributed by atoms with E-state index in [0.29, 0.717) is 6.54 Å². The third-order valence-corrected chi connectivity index (χ3v) is 3.04. The Morgan fingerprint density at radius 3 is 2.74 bits per heavy atom. The Morgan fingerprint density at radius 2 is 2.05 bits per heavy atom. The van der Waals surface area contributed by atoms with Crippen LogP contribution in [-0.2, 0) is 13.0 Å². The monoisotopic (exact) mass is 273 g/mol. The van der Waals surface area contributed by atoms with E-state index >= 15 is 0 Å². The van der Waals surface area contributed by atoms with Crippen LogP contribution in [-0.4, -0.2) is 18.3 Å². The highest BCUT2D eigenvalue weighted by Crippen LogP contribution is 2.35. The molecule has 1 aromatic rings. The van der Waals surface area contributed by atoms with Gasteiger partial charge in [0, 0.05) is 19.5 Å². The highest BCUT2D eigenvalue weighted by molar-refractivity contribution is 5.41. The van der Waals surface area contributed by atoms with Crippen LogP contribution < -0.4 is 10.1 Å². The maximum absolute atomic E-state index is 12.0. The summed E-state index contributed by atoms with van der Waals surface area (Å²) in [6.07, 6.45) is -4.06. The molecule has 2 rings (SSSR count). The molecule has 0 amide bonds. The van der Waals surface area contributed by atoms with Gasteiger partial charge in [-0.1, -0.05) is 12.1 Å². The third kappa shape index (κ3) is 4.13. The quantitative estimate of drug-likeness (QED) is 0.848. The summed E-state index contributed by atoms with van der Waals surface area (Å²) in [5, 5.41) is 2.81. The van der Waals surface area contributed by atoms with Crippen LogP contribution in [0.5, 0.6) is 5.75 Å². The Balaban J connectivity index is 1.87. The van der Waals surface area contributed by atoms with Crippen LogP contribution in [0.25, 0.3) is 0 Å². The van der Waals surface area contributed by atoms with Crippen molar-refractivity contribution in [3.8, 4) is 5.75 Å². The number of rotatable bonds is 4. The van der Waals surface area contributed by atoms with Crippen molar-refractivity contribution in [1.29, 1.82) is 0 Å². The first kappa shape index (κ1) is 14.2. The molecule has 0 unspecified atom stereocenters. The summed E-state index contributed by atoms with van der Waals surface area (Å²) in [4.78, 5) is 0. The number of benzene rings is 1. The maximum atomic E-state index is 12.0. The number of halogens is 3. The average molecular weight is 273 g/mol. The third-order valence-electron chi connectivity index (χ3n) is 3.04. The first-order valence-electron chi connectivity index (χ1n) is 6.33. The molecular weight excluding hydrogens is 255 g/mol. The molecule has 0 aromatic heterocycles. The van der Waals surface area contributed by atoms with Gasteiger partial charge >= 0.3 is 6.18 Å². The number of hydrogen-bond donors (Lipinski definition) is 1. The van der Waals surface area contributed by atoms with E-state index in [1.54, 1.807) is 0 Å². The molecule has 0 radical (unpaired) electrons. The van der Waals surface area contributed by atoms with Gasteiger partial charge in [0.2, 0.25) is 0 Å². The van der Waals surface area contributed by atoms with Crippen molar-refractivity contribution in [3.05, 3.63) is 29.3 Å². The Labute approximate surface area is 111 Å². The van der Waals surface area contributed by atoms with Crippen LogP contribution in [0.1, 0.15) is 31.4 Å². The van der Waals surface area contributed by atoms with E-state index in [1.165, 1.54) is 0 Å². The molecule has 1 aliphatic heterocycles. The standard InChI is InChI=1S/C14H18F3NO/c1-13(2)8-11-7-10(3-4-12(11)19-13)9-18-6-5-14(15,16)17/h3-4,7,18H,5-6,8-9H2,1-2H3. The summed E-state index contributed by atoms with van der Waals surface area (Å²) >= 11 is 0. The molecule has 0 aliphatic carbocycles. The Hall–Kier alpha value is -1.23. The van der Waals surface area contributed by atoms with Gasteiger partial charge in [0.1, 0.15) is 11.4 Å². The minimum atomic E-state index is -4.09. The molecule has 0 saturated heterocycles. The predicted molar refractivity (Wildman–Crippen MR) is 67.2 cm³/mol. The van der Waals surface area contributed by atoms with Gasteiger partial charge in [0.05, 0.1) is 6.42 Å². The summed E-state index contributed by atoms with van der Waals surface area (Å²) in [5.74, 6) is 0.879. The van der Waals surface area contributed by atoms with Crippen molar-refractivity contribution in [2.45, 2.75) is 45.0 Å². The fraction of sp³-hybridized carbons (Fsp3) is 0.571. The predicted octanol–water partition coefficient (Wildman–Crippen LogP) is 3.44. The highest BCUT2D eigenvalue weighted by Gasteiger charge is 2.30. The molecule has 0 saturated carbocycles. The number of hydrogen-bond acceptors (Lipinski definition) is 2. The van der Waals surface area contributed by atoms with Crippen LogP contribution in [0, 0.1) is 0 Å². The van der Waals surface area contributed by atoms with E-state index in [-0.39, 0.29) is 12.1 Å². The van der Waals surface area contributed by atoms with Gasteiger partial charge in [-0.2, -0.15) is 13.2 Å². The minimum absolute atomic E-state index is 0.0530. The van der Waals surface area contributed by atoms with Crippen LogP contribution in [0.4, 0.5) is 13.2 Å². The van der Waals surface area contributed by atoms with E-state index in [0.717, 1.165) is 23.3 Å². The van der Waals surface area contributed by atoms with E-state index in [4.69, 9.17) is 4.74 Å². The second-order valence-electron chi connectivity index (χ2n) is 5.52. The molecular formula is C14H18F3NO. The Bertz CT molecular complexity index is 454. The first-order chi connectivity index (χ1) is 8.75. The first-order valence-corrected chi connectivity index (χ1v) is 6.33. The molecule has 0 spiro atoms. The van der Waals surface area contributed by atoms with Gasteiger partial charge in [-0.15, -0.1) is 0 Å². The fourth-order valence-electron chi connectivity index (χ4n) is 2.24. The second-order valence-corrected chi connectivity index (χ2v) is 5.52. The van der Waals surface area contributed by atoms with Crippen LogP contribution in [0.2, 0.25) is 0 Å². The van der Waals surface area contributed by atoms with Gasteiger partial charge in [0.25, 0.3) is 0 Å². The lowest BCUT2D eigenvalue weighted by molar-refractivity contribution is -0.133. The molecule has 1 aromatic carbocycles. The van der Waals surface area contributed by atoms with Crippen molar-refractivity contribution in [2.75, 3.05) is 6.54 Å². The highest BCUT2D eigenvalue weighted by atomic mass is 19.4. The lowest BCUT2D eigenvalue weighted by atomic mass is 10.0. The summed E-state index contributed by atoms with van der Waals surface area (Å²) in [7, 11) is 0. The average Bonchev–Trinajstić information content (AvgIpc) is 2.56. The van der Waals surface area contributed by atoms with Gasteiger partial charge in [0.15, 0.2) is 0 Å². The molecule has 0 atom stereocenters. The van der Waals surface area contributed by atoms with Crippen molar-refractivity contribution in [1.82, 2.24) is 5.32 Å². The number of fused-ring (bicyclic) bond motifs is 1. The van der Waals surface area contributed by atoms with Crippen molar-refractivity contribution in [3.63, 3.8) is 0 Å². The lowest BCUT2D eigenvalue weighted by Crippen LogP contribution is -2.24. The fourth-order valence-corrected chi connectivity index (χ4v) is 2.24. The molecule has 1 aliphatic rings. The van der Waals surface area contributed by atoms with Gasteiger partial charge in [-0.05, 0) is 31.0 Å². The summed E-state index contributed by atoms with van der Waals surface area (Å²) < 4.78 is 41.7. The number of ether oxygens (including phenoxy) is 1. The minimum Gasteiger partial charge on any atom is -0.487 e. The van der Waals surface area contributed by atoms with Crippen molar-refractivity contribution < 1.29 is 17.9 Å². The zero-order chi connectivity index (χ0) is 14.1. The molecule has 1 heterocycles. The topological polar surface area (TPSA) is 21.3 Å². The zero-order valence-electron chi connectivity index (χ0n) is 11.1. The number of alkyl halides is 3. The van der Waals surface area contributed by atoms with Gasteiger partial charge in [-0.3, -0.25) is 0 Å². The van der Waals surface area contributed by atoms with Crippen LogP contribution >= 0.6 is 0 Å². The van der Waals surface area contributed by atoms with E-state index < -0.39 is 12.6 Å². The molecule has 0 fully saturated rings. The maximum Gasteiger partial charge on any atom is 0.390 e. The van der Waals surface area contributed by atoms with Gasteiger partial charge < -0.3 is 10.1 Å². The summed E-state index contributed by atoms with van der Waals surface area (Å²) in [6.45, 7) is 4.44. The molecule has 2 nitrogen and oxygen atoms in total. The largest absolute Gasteiger partial charge is 0.487 e. The Kier molecular flexibility index (Phi) is 3.76. The SMILES string of the molecule is CC1(C)Cc2cc(CNCCC(F)(F)F)ccc2O1. The molecule has 106 valence electrons. The summed E-state index contributed by atoms with van der Waals surface area (Å²) in [5.41, 5.74) is 1.92. The van der Waals surface area contributed by atoms with Crippen molar-refractivity contribution >= 4 is 0 Å². The molecule has 19 heavy (non-hydrogen) atoms. The Morgan fingerprint density at radius 1 is 1.32 bits per heavy atom. The summed E-state index contributed by atoms with van der Waals surface area (Å²) in [6, 6.07) is 5.79. The van der Waals surface area contributed by atoms with E-state index in [1.807, 2.05) is 32.0 Å². The van der Waals surface area contributed by atoms with E-state index in [9.17, 15) is 13.2 Å². The van der Waals surface area contributed by atoms with Gasteiger partial charge in [-0.25, -0.2) is 0 Å². The smallest absolute Gasteiger partial charge is 0.390 e. The number of nitrogens with one attached hydrogen (secondary N) is 1.